The van der Waals surface area contributed by atoms with Crippen molar-refractivity contribution in [3.05, 3.63) is 35.4 Å². The van der Waals surface area contributed by atoms with Crippen molar-refractivity contribution in [2.24, 2.45) is 0 Å². The van der Waals surface area contributed by atoms with Crippen molar-refractivity contribution in [2.75, 3.05) is 27.7 Å². The molecular formula is C15H26N2. The van der Waals surface area contributed by atoms with Crippen LogP contribution in [0.2, 0.25) is 0 Å². The van der Waals surface area contributed by atoms with Gasteiger partial charge in [-0.05, 0) is 58.1 Å². The summed E-state index contributed by atoms with van der Waals surface area (Å²) in [6.07, 6.45) is 3.43. The van der Waals surface area contributed by atoms with Crippen molar-refractivity contribution < 1.29 is 0 Å². The molecular weight excluding hydrogens is 208 g/mol. The van der Waals surface area contributed by atoms with Crippen LogP contribution < -0.4 is 5.32 Å². The third-order valence-electron chi connectivity index (χ3n) is 3.25. The van der Waals surface area contributed by atoms with Crippen molar-refractivity contribution in [1.82, 2.24) is 10.2 Å². The molecule has 0 spiro atoms. The minimum absolute atomic E-state index is 0.574. The van der Waals surface area contributed by atoms with Gasteiger partial charge in [-0.3, -0.25) is 0 Å². The van der Waals surface area contributed by atoms with E-state index in [2.05, 4.69) is 62.5 Å². The second kappa shape index (κ2) is 7.46. The van der Waals surface area contributed by atoms with Gasteiger partial charge >= 0.3 is 0 Å². The third-order valence-corrected chi connectivity index (χ3v) is 3.25. The molecule has 0 aromatic heterocycles. The fourth-order valence-corrected chi connectivity index (χ4v) is 1.96. The van der Waals surface area contributed by atoms with Crippen molar-refractivity contribution in [3.8, 4) is 0 Å². The molecule has 0 aliphatic heterocycles. The first-order valence-electron chi connectivity index (χ1n) is 6.55. The van der Waals surface area contributed by atoms with E-state index in [1.54, 1.807) is 0 Å². The molecule has 17 heavy (non-hydrogen) atoms. The topological polar surface area (TPSA) is 15.3 Å². The molecule has 96 valence electrons. The fraction of sp³-hybridized carbons (Fsp3) is 0.600. The van der Waals surface area contributed by atoms with Crippen LogP contribution in [0.15, 0.2) is 24.3 Å². The minimum Gasteiger partial charge on any atom is -0.317 e. The lowest BCUT2D eigenvalue weighted by Crippen LogP contribution is -2.31. The van der Waals surface area contributed by atoms with Gasteiger partial charge in [0.15, 0.2) is 0 Å². The fourth-order valence-electron chi connectivity index (χ4n) is 1.96. The average molecular weight is 234 g/mol. The molecule has 2 nitrogen and oxygen atoms in total. The summed E-state index contributed by atoms with van der Waals surface area (Å²) >= 11 is 0. The van der Waals surface area contributed by atoms with Crippen LogP contribution in [0.3, 0.4) is 0 Å². The molecule has 0 heterocycles. The normalized spacial score (nSPS) is 13.0. The molecule has 1 N–H and O–H groups in total. The first-order valence-corrected chi connectivity index (χ1v) is 6.55. The van der Waals surface area contributed by atoms with E-state index in [9.17, 15) is 0 Å². The van der Waals surface area contributed by atoms with Crippen molar-refractivity contribution >= 4 is 0 Å². The van der Waals surface area contributed by atoms with Crippen LogP contribution in [0.5, 0.6) is 0 Å². The van der Waals surface area contributed by atoms with E-state index in [1.807, 2.05) is 0 Å². The second-order valence-electron chi connectivity index (χ2n) is 4.95. The molecule has 1 unspecified atom stereocenters. The molecule has 1 rings (SSSR count). The largest absolute Gasteiger partial charge is 0.317 e. The van der Waals surface area contributed by atoms with Crippen molar-refractivity contribution in [2.45, 2.75) is 32.2 Å². The first-order chi connectivity index (χ1) is 8.15. The highest BCUT2D eigenvalue weighted by molar-refractivity contribution is 5.23. The van der Waals surface area contributed by atoms with Crippen LogP contribution >= 0.6 is 0 Å². The lowest BCUT2D eigenvalue weighted by molar-refractivity contribution is 0.364. The molecule has 0 bridgehead atoms. The highest BCUT2D eigenvalue weighted by Crippen LogP contribution is 2.09. The van der Waals surface area contributed by atoms with E-state index in [0.717, 1.165) is 19.4 Å². The van der Waals surface area contributed by atoms with Crippen LogP contribution in [-0.4, -0.2) is 38.6 Å². The van der Waals surface area contributed by atoms with Crippen molar-refractivity contribution in [1.29, 1.82) is 0 Å². The minimum atomic E-state index is 0.574. The van der Waals surface area contributed by atoms with Gasteiger partial charge in [-0.1, -0.05) is 31.2 Å². The van der Waals surface area contributed by atoms with Gasteiger partial charge in [0.05, 0.1) is 0 Å². The summed E-state index contributed by atoms with van der Waals surface area (Å²) in [6, 6.07) is 9.59. The van der Waals surface area contributed by atoms with Gasteiger partial charge in [0.2, 0.25) is 0 Å². The molecule has 0 saturated heterocycles. The molecule has 0 aliphatic rings. The zero-order valence-electron chi connectivity index (χ0n) is 11.7. The van der Waals surface area contributed by atoms with E-state index < -0.39 is 0 Å². The Labute approximate surface area is 106 Å². The lowest BCUT2D eigenvalue weighted by Gasteiger charge is -2.19. The Morgan fingerprint density at radius 1 is 1.12 bits per heavy atom. The van der Waals surface area contributed by atoms with Crippen LogP contribution in [0.4, 0.5) is 0 Å². The smallest absolute Gasteiger partial charge is 0.0117 e. The molecule has 1 atom stereocenters. The third kappa shape index (κ3) is 5.33. The Kier molecular flexibility index (Phi) is 6.23. The molecule has 0 radical (unpaired) electrons. The van der Waals surface area contributed by atoms with E-state index in [4.69, 9.17) is 0 Å². The number of rotatable bonds is 7. The SMILES string of the molecule is CCc1ccc(CC(CCN(C)C)NC)cc1. The summed E-state index contributed by atoms with van der Waals surface area (Å²) in [7, 11) is 6.31. The highest BCUT2D eigenvalue weighted by atomic mass is 15.1. The summed E-state index contributed by atoms with van der Waals surface area (Å²) < 4.78 is 0. The van der Waals surface area contributed by atoms with Gasteiger partial charge in [0.25, 0.3) is 0 Å². The number of nitrogens with one attached hydrogen (secondary N) is 1. The Morgan fingerprint density at radius 2 is 1.71 bits per heavy atom. The van der Waals surface area contributed by atoms with Gasteiger partial charge in [-0.2, -0.15) is 0 Å². The Morgan fingerprint density at radius 3 is 2.18 bits per heavy atom. The summed E-state index contributed by atoms with van der Waals surface area (Å²) in [5.74, 6) is 0. The summed E-state index contributed by atoms with van der Waals surface area (Å²) in [5.41, 5.74) is 2.85. The molecule has 0 aliphatic carbocycles. The van der Waals surface area contributed by atoms with Gasteiger partial charge < -0.3 is 10.2 Å². The molecule has 1 aromatic carbocycles. The summed E-state index contributed by atoms with van der Waals surface area (Å²) in [5, 5.41) is 3.41. The molecule has 0 amide bonds. The maximum atomic E-state index is 3.41. The highest BCUT2D eigenvalue weighted by Gasteiger charge is 2.07. The van der Waals surface area contributed by atoms with Gasteiger partial charge in [0.1, 0.15) is 0 Å². The number of hydrogen-bond acceptors (Lipinski definition) is 2. The first kappa shape index (κ1) is 14.2. The van der Waals surface area contributed by atoms with Gasteiger partial charge in [-0.25, -0.2) is 0 Å². The number of aryl methyl sites for hydroxylation is 1. The molecule has 2 heteroatoms. The average Bonchev–Trinajstić information content (AvgIpc) is 2.35. The number of benzene rings is 1. The zero-order chi connectivity index (χ0) is 12.7. The maximum absolute atomic E-state index is 3.41. The summed E-state index contributed by atoms with van der Waals surface area (Å²) in [6.45, 7) is 3.33. The van der Waals surface area contributed by atoms with E-state index in [0.29, 0.717) is 6.04 Å². The van der Waals surface area contributed by atoms with Crippen LogP contribution in [0.1, 0.15) is 24.5 Å². The molecule has 0 saturated carbocycles. The van der Waals surface area contributed by atoms with Gasteiger partial charge in [0, 0.05) is 6.04 Å². The summed E-state index contributed by atoms with van der Waals surface area (Å²) in [4.78, 5) is 2.24. The number of nitrogens with zero attached hydrogens (tertiary/aromatic N) is 1. The molecule has 1 aromatic rings. The monoisotopic (exact) mass is 234 g/mol. The zero-order valence-corrected chi connectivity index (χ0v) is 11.7. The standard InChI is InChI=1S/C15H26N2/c1-5-13-6-8-14(9-7-13)12-15(16-2)10-11-17(3)4/h6-9,15-16H,5,10-12H2,1-4H3. The lowest BCUT2D eigenvalue weighted by atomic mass is 10.0. The predicted molar refractivity (Wildman–Crippen MR) is 75.5 cm³/mol. The molecule has 0 fully saturated rings. The number of likely N-dealkylation sites (N-methyl/N-ethyl adjacent to an activating group) is 1. The Balaban J connectivity index is 2.48. The Hall–Kier alpha value is -0.860. The quantitative estimate of drug-likeness (QED) is 0.779. The van der Waals surface area contributed by atoms with Crippen LogP contribution in [0.25, 0.3) is 0 Å². The second-order valence-corrected chi connectivity index (χ2v) is 4.95. The van der Waals surface area contributed by atoms with Crippen LogP contribution in [0, 0.1) is 0 Å². The van der Waals surface area contributed by atoms with E-state index >= 15 is 0 Å². The van der Waals surface area contributed by atoms with Crippen LogP contribution in [-0.2, 0) is 12.8 Å². The van der Waals surface area contributed by atoms with E-state index in [-0.39, 0.29) is 0 Å². The van der Waals surface area contributed by atoms with E-state index in [1.165, 1.54) is 17.5 Å². The Bertz CT molecular complexity index is 303. The number of hydrogen-bond donors (Lipinski definition) is 1. The van der Waals surface area contributed by atoms with Crippen molar-refractivity contribution in [3.63, 3.8) is 0 Å². The maximum Gasteiger partial charge on any atom is 0.0117 e. The van der Waals surface area contributed by atoms with Gasteiger partial charge in [-0.15, -0.1) is 0 Å². The predicted octanol–water partition coefficient (Wildman–Crippen LogP) is 2.33.